The molecule has 4 aromatic rings. The highest BCUT2D eigenvalue weighted by Gasteiger charge is 2.49. The molecular formula is C54H67ClF3N7O8S3. The van der Waals surface area contributed by atoms with Crippen molar-refractivity contribution in [2.45, 2.75) is 78.2 Å². The highest BCUT2D eigenvalue weighted by molar-refractivity contribution is 7.99. The molecule has 412 valence electrons. The fourth-order valence-corrected chi connectivity index (χ4v) is 13.9. The number of nitrogens with one attached hydrogen (secondary N) is 2. The summed E-state index contributed by atoms with van der Waals surface area (Å²) in [6.45, 7) is 13.9. The van der Waals surface area contributed by atoms with Gasteiger partial charge in [0.05, 0.1) is 17.2 Å². The molecule has 0 radical (unpaired) electrons. The molecule has 15 nitrogen and oxygen atoms in total. The Morgan fingerprint density at radius 2 is 1.58 bits per heavy atom. The Kier molecular flexibility index (Phi) is 18.7. The third-order valence-electron chi connectivity index (χ3n) is 14.8. The van der Waals surface area contributed by atoms with E-state index in [9.17, 15) is 44.7 Å². The van der Waals surface area contributed by atoms with Crippen LogP contribution in [-0.4, -0.2) is 169 Å². The number of benzene rings is 4. The van der Waals surface area contributed by atoms with Crippen molar-refractivity contribution in [2.75, 3.05) is 108 Å². The van der Waals surface area contributed by atoms with Gasteiger partial charge >= 0.3 is 11.6 Å². The number of carbonyl (C=O) groups is 2. The quantitative estimate of drug-likeness (QED) is 0.0807. The number of carbonyl (C=O) groups excluding carboxylic acids is 1. The average Bonchev–Trinajstić information content (AvgIpc) is 3.68. The van der Waals surface area contributed by atoms with Crippen molar-refractivity contribution in [3.8, 4) is 0 Å². The van der Waals surface area contributed by atoms with Gasteiger partial charge in [-0.3, -0.25) is 14.6 Å². The zero-order chi connectivity index (χ0) is 54.3. The van der Waals surface area contributed by atoms with Gasteiger partial charge in [-0.15, -0.1) is 11.8 Å². The van der Waals surface area contributed by atoms with Gasteiger partial charge in [0, 0.05) is 124 Å². The number of ether oxygens (including phenoxy) is 1. The number of hydrogen-bond donors (Lipinski definition) is 3. The second-order valence-electron chi connectivity index (χ2n) is 20.5. The molecule has 22 heteroatoms. The molecule has 1 aliphatic carbocycles. The number of piperazine rings is 2. The number of sulfone groups is 1. The van der Waals surface area contributed by atoms with Gasteiger partial charge in [-0.2, -0.15) is 13.2 Å². The van der Waals surface area contributed by atoms with Gasteiger partial charge in [0.15, 0.2) is 0 Å². The largest absolute Gasteiger partial charge is 0.501 e. The number of hydrogen-bond acceptors (Lipinski definition) is 13. The number of carboxylic acid groups (broad SMARTS) is 1. The number of amides is 2. The average molecular weight is 1130 g/mol. The molecule has 3 aliphatic heterocycles. The van der Waals surface area contributed by atoms with Crippen LogP contribution >= 0.6 is 23.4 Å². The van der Waals surface area contributed by atoms with Crippen molar-refractivity contribution in [2.24, 2.45) is 5.41 Å². The Morgan fingerprint density at radius 1 is 0.868 bits per heavy atom. The highest BCUT2D eigenvalue weighted by Crippen LogP contribution is 2.44. The second-order valence-corrected chi connectivity index (χ2v) is 25.7. The lowest BCUT2D eigenvalue weighted by Gasteiger charge is -2.45. The number of halogens is 4. The van der Waals surface area contributed by atoms with Gasteiger partial charge in [0.2, 0.25) is 0 Å². The molecule has 4 aromatic carbocycles. The van der Waals surface area contributed by atoms with E-state index < -0.39 is 58.9 Å². The summed E-state index contributed by atoms with van der Waals surface area (Å²) >= 11 is 7.74. The maximum absolute atomic E-state index is 14.3. The fourth-order valence-electron chi connectivity index (χ4n) is 10.7. The molecule has 0 saturated carbocycles. The highest BCUT2D eigenvalue weighted by atomic mass is 35.5. The summed E-state index contributed by atoms with van der Waals surface area (Å²) in [6, 6.07) is 25.6. The number of thioether (sulfide) groups is 1. The van der Waals surface area contributed by atoms with Crippen LogP contribution in [0.5, 0.6) is 0 Å². The molecule has 3 saturated heterocycles. The fraction of sp³-hybridized carbons (Fsp3) is 0.481. The van der Waals surface area contributed by atoms with Gasteiger partial charge in [0.1, 0.15) is 4.90 Å². The summed E-state index contributed by atoms with van der Waals surface area (Å²) in [7, 11) is -11.0. The van der Waals surface area contributed by atoms with Crippen molar-refractivity contribution >= 4 is 72.2 Å². The van der Waals surface area contributed by atoms with Crippen LogP contribution in [0.2, 0.25) is 5.02 Å². The molecule has 0 aromatic heterocycles. The Morgan fingerprint density at radius 3 is 2.26 bits per heavy atom. The van der Waals surface area contributed by atoms with E-state index in [2.05, 4.69) is 44.0 Å². The standard InChI is InChI=1S/C54H67ClF3N7O8S3/c1-39-35-63(26-29-65(39)52(67)68)38-53(2)21-19-48(40-9-13-43(55)14-10-40)42(34-53)36-62-24-27-64(28-25-62)45-15-11-41(12-16-45)51(66)60-76(71,72)47-17-18-49(50(33-47)75(69,70)54(56,57)58)59-44(37-74-46-7-4-3-5-8-46)20-23-61-22-6-31-73-32-30-61/h3-5,7-18,33,39,44,59H,6,19-32,34-38H2,1-2H3,(H,60,66)(H,67,68)/t39-,44-,53-/m1/s1. The Bertz CT molecular complexity index is 2910. The number of alkyl halides is 3. The summed E-state index contributed by atoms with van der Waals surface area (Å²) in [6.07, 6.45) is 3.18. The summed E-state index contributed by atoms with van der Waals surface area (Å²) < 4.78 is 104. The molecule has 0 unspecified atom stereocenters. The first-order valence-electron chi connectivity index (χ1n) is 25.7. The molecule has 3 fully saturated rings. The smallest absolute Gasteiger partial charge is 0.465 e. The number of sulfonamides is 1. The molecular weight excluding hydrogens is 1060 g/mol. The predicted octanol–water partition coefficient (Wildman–Crippen LogP) is 8.89. The van der Waals surface area contributed by atoms with Gasteiger partial charge in [-0.1, -0.05) is 54.4 Å². The van der Waals surface area contributed by atoms with Crippen LogP contribution in [0.15, 0.2) is 117 Å². The Hall–Kier alpha value is -4.87. The SMILES string of the molecule is C[C@@H]1CN(C[C@]2(C)CCC(c3ccc(Cl)cc3)=C(CN3CCN(c4ccc(C(=O)NS(=O)(=O)c5ccc(N[C@H](CCN6CCCOCC6)CSc6ccccc6)c(S(=O)(=O)C(F)(F)F)c5)cc4)CC3)C2)CCN1C(=O)O. The number of allylic oxidation sites excluding steroid dienone is 1. The van der Waals surface area contributed by atoms with E-state index in [1.807, 2.05) is 54.1 Å². The van der Waals surface area contributed by atoms with Gasteiger partial charge in [0.25, 0.3) is 25.8 Å². The van der Waals surface area contributed by atoms with E-state index in [1.165, 1.54) is 39.9 Å². The topological polar surface area (TPSA) is 172 Å². The zero-order valence-corrected chi connectivity index (χ0v) is 46.0. The van der Waals surface area contributed by atoms with Crippen LogP contribution in [0.4, 0.5) is 29.3 Å². The summed E-state index contributed by atoms with van der Waals surface area (Å²) in [5.41, 5.74) is -1.51. The Balaban J connectivity index is 0.916. The zero-order valence-electron chi connectivity index (χ0n) is 42.8. The van der Waals surface area contributed by atoms with Crippen LogP contribution in [-0.2, 0) is 24.6 Å². The minimum absolute atomic E-state index is 0.000417. The minimum atomic E-state index is -6.08. The molecule has 0 spiro atoms. The van der Waals surface area contributed by atoms with Crippen LogP contribution < -0.4 is 14.9 Å². The van der Waals surface area contributed by atoms with Crippen molar-refractivity contribution in [1.82, 2.24) is 24.3 Å². The van der Waals surface area contributed by atoms with E-state index in [0.29, 0.717) is 82.3 Å². The lowest BCUT2D eigenvalue weighted by atomic mass is 9.71. The third-order valence-corrected chi connectivity index (χ3v) is 19.1. The maximum atomic E-state index is 14.3. The molecule has 2 amide bonds. The van der Waals surface area contributed by atoms with E-state index >= 15 is 0 Å². The van der Waals surface area contributed by atoms with Gasteiger partial charge in [-0.25, -0.2) is 26.4 Å². The maximum Gasteiger partial charge on any atom is 0.501 e. The van der Waals surface area contributed by atoms with Crippen LogP contribution in [0.25, 0.3) is 5.57 Å². The van der Waals surface area contributed by atoms with E-state index in [-0.39, 0.29) is 17.0 Å². The van der Waals surface area contributed by atoms with Crippen molar-refractivity contribution < 1.29 is 49.4 Å². The molecule has 3 atom stereocenters. The van der Waals surface area contributed by atoms with Crippen LogP contribution in [0.3, 0.4) is 0 Å². The van der Waals surface area contributed by atoms with Crippen LogP contribution in [0.1, 0.15) is 61.9 Å². The van der Waals surface area contributed by atoms with E-state index in [4.69, 9.17) is 16.3 Å². The van der Waals surface area contributed by atoms with E-state index in [1.54, 1.807) is 12.1 Å². The lowest BCUT2D eigenvalue weighted by Crippen LogP contribution is -2.55. The number of rotatable bonds is 18. The van der Waals surface area contributed by atoms with Crippen molar-refractivity contribution in [3.63, 3.8) is 0 Å². The molecule has 3 heterocycles. The van der Waals surface area contributed by atoms with Crippen LogP contribution in [0, 0.1) is 5.41 Å². The van der Waals surface area contributed by atoms with Crippen molar-refractivity contribution in [1.29, 1.82) is 0 Å². The Labute approximate surface area is 453 Å². The first kappa shape index (κ1) is 57.3. The molecule has 0 bridgehead atoms. The van der Waals surface area contributed by atoms with Gasteiger partial charge in [-0.05, 0) is 122 Å². The summed E-state index contributed by atoms with van der Waals surface area (Å²) in [5, 5.41) is 13.3. The van der Waals surface area contributed by atoms with E-state index in [0.717, 1.165) is 86.7 Å². The minimum Gasteiger partial charge on any atom is -0.465 e. The molecule has 76 heavy (non-hydrogen) atoms. The molecule has 4 aliphatic rings. The third kappa shape index (κ3) is 14.6. The summed E-state index contributed by atoms with van der Waals surface area (Å²) in [5.74, 6) is -0.688. The number of anilines is 2. The predicted molar refractivity (Wildman–Crippen MR) is 291 cm³/mol. The normalized spacial score (nSPS) is 21.3. The summed E-state index contributed by atoms with van der Waals surface area (Å²) in [4.78, 5) is 34.8. The molecule has 8 rings (SSSR count). The van der Waals surface area contributed by atoms with Crippen molar-refractivity contribution in [3.05, 3.63) is 119 Å². The first-order valence-corrected chi connectivity index (χ1v) is 30.0. The molecule has 3 N–H and O–H groups in total. The lowest BCUT2D eigenvalue weighted by molar-refractivity contribution is -0.0436. The second kappa shape index (κ2) is 24.9. The first-order chi connectivity index (χ1) is 36.2. The number of nitrogens with zero attached hydrogens (tertiary/aromatic N) is 5. The monoisotopic (exact) mass is 1130 g/mol. The van der Waals surface area contributed by atoms with Gasteiger partial charge < -0.3 is 29.9 Å².